The minimum Gasteiger partial charge on any atom is -0.311 e. The number of hydrogen-bond donors (Lipinski definition) is 1. The lowest BCUT2D eigenvalue weighted by atomic mass is 9.84. The molecule has 0 unspecified atom stereocenters. The first kappa shape index (κ1) is 10.2. The molecular weight excluding hydrogens is 170 g/mol. The molecule has 0 amide bonds. The molecule has 0 heterocycles. The molecule has 1 N–H and O–H groups in total. The van der Waals surface area contributed by atoms with Gasteiger partial charge in [0.2, 0.25) is 0 Å². The van der Waals surface area contributed by atoms with Gasteiger partial charge in [-0.15, -0.1) is 0 Å². The van der Waals surface area contributed by atoms with Gasteiger partial charge in [0.1, 0.15) is 0 Å². The summed E-state index contributed by atoms with van der Waals surface area (Å²) in [6.45, 7) is 2.33. The summed E-state index contributed by atoms with van der Waals surface area (Å²) in [4.78, 5) is 0. The molecule has 1 heteroatoms. The molecule has 0 spiro atoms. The van der Waals surface area contributed by atoms with Crippen molar-refractivity contribution in [1.82, 2.24) is 5.32 Å². The van der Waals surface area contributed by atoms with E-state index < -0.39 is 0 Å². The Kier molecular flexibility index (Phi) is 3.63. The number of rotatable bonds is 3. The van der Waals surface area contributed by atoms with Crippen molar-refractivity contribution in [2.24, 2.45) is 5.92 Å². The highest BCUT2D eigenvalue weighted by Gasteiger charge is 2.22. The third kappa shape index (κ3) is 2.60. The van der Waals surface area contributed by atoms with Gasteiger partial charge in [0.05, 0.1) is 0 Å². The van der Waals surface area contributed by atoms with Crippen LogP contribution >= 0.6 is 0 Å². The summed E-state index contributed by atoms with van der Waals surface area (Å²) in [5.74, 6) is 1.02. The maximum atomic E-state index is 3.80. The van der Waals surface area contributed by atoms with Crippen molar-refractivity contribution < 1.29 is 0 Å². The van der Waals surface area contributed by atoms with Crippen LogP contribution in [0.25, 0.3) is 0 Å². The second-order valence-corrected chi connectivity index (χ2v) is 4.93. The minimum atomic E-state index is 0.762. The molecule has 80 valence electrons. The normalized spacial score (nSPS) is 33.8. The Balaban J connectivity index is 1.68. The van der Waals surface area contributed by atoms with Crippen molar-refractivity contribution in [3.63, 3.8) is 0 Å². The summed E-state index contributed by atoms with van der Waals surface area (Å²) in [6, 6.07) is 1.58. The Labute approximate surface area is 88.0 Å². The zero-order valence-corrected chi connectivity index (χ0v) is 9.34. The first-order valence-corrected chi connectivity index (χ1v) is 6.29. The van der Waals surface area contributed by atoms with Gasteiger partial charge in [0, 0.05) is 12.1 Å². The van der Waals surface area contributed by atoms with E-state index in [4.69, 9.17) is 0 Å². The summed E-state index contributed by atoms with van der Waals surface area (Å²) in [5.41, 5.74) is 0. The molecule has 0 saturated heterocycles. The monoisotopic (exact) mass is 193 g/mol. The van der Waals surface area contributed by atoms with Crippen LogP contribution in [0, 0.1) is 5.92 Å². The summed E-state index contributed by atoms with van der Waals surface area (Å²) in [6.07, 6.45) is 14.3. The van der Waals surface area contributed by atoms with Crippen LogP contribution < -0.4 is 5.32 Å². The van der Waals surface area contributed by atoms with Gasteiger partial charge in [-0.1, -0.05) is 25.5 Å². The molecule has 2 rings (SSSR count). The van der Waals surface area contributed by atoms with Crippen LogP contribution in [-0.4, -0.2) is 12.1 Å². The van der Waals surface area contributed by atoms with Gasteiger partial charge in [-0.25, -0.2) is 0 Å². The molecule has 0 aliphatic heterocycles. The van der Waals surface area contributed by atoms with Crippen LogP contribution in [0.2, 0.25) is 0 Å². The van der Waals surface area contributed by atoms with Crippen molar-refractivity contribution in [3.8, 4) is 0 Å². The van der Waals surface area contributed by atoms with E-state index in [1.807, 2.05) is 0 Å². The topological polar surface area (TPSA) is 12.0 Å². The first-order chi connectivity index (χ1) is 6.88. The second-order valence-electron chi connectivity index (χ2n) is 4.93. The largest absolute Gasteiger partial charge is 0.311 e. The van der Waals surface area contributed by atoms with Gasteiger partial charge in [0.25, 0.3) is 0 Å². The van der Waals surface area contributed by atoms with E-state index in [-0.39, 0.29) is 0 Å². The van der Waals surface area contributed by atoms with Crippen LogP contribution in [0.5, 0.6) is 0 Å². The van der Waals surface area contributed by atoms with Gasteiger partial charge >= 0.3 is 0 Å². The Bertz CT molecular complexity index is 181. The Morgan fingerprint density at radius 3 is 2.21 bits per heavy atom. The summed E-state index contributed by atoms with van der Waals surface area (Å²) in [7, 11) is 0. The average molecular weight is 193 g/mol. The molecule has 1 fully saturated rings. The Hall–Kier alpha value is -0.300. The quantitative estimate of drug-likeness (QED) is 0.678. The van der Waals surface area contributed by atoms with E-state index >= 15 is 0 Å². The van der Waals surface area contributed by atoms with E-state index in [9.17, 15) is 0 Å². The highest BCUT2D eigenvalue weighted by molar-refractivity contribution is 4.98. The Morgan fingerprint density at radius 1 is 1.00 bits per heavy atom. The summed E-state index contributed by atoms with van der Waals surface area (Å²) < 4.78 is 0. The van der Waals surface area contributed by atoms with Gasteiger partial charge in [-0.3, -0.25) is 0 Å². The molecule has 2 aliphatic carbocycles. The van der Waals surface area contributed by atoms with Crippen LogP contribution in [0.4, 0.5) is 0 Å². The Morgan fingerprint density at radius 2 is 1.64 bits per heavy atom. The lowest BCUT2D eigenvalue weighted by molar-refractivity contribution is 0.270. The second kappa shape index (κ2) is 4.97. The van der Waals surface area contributed by atoms with E-state index in [1.165, 1.54) is 44.9 Å². The average Bonchev–Trinajstić information content (AvgIpc) is 2.72. The fraction of sp³-hybridized carbons (Fsp3) is 0.846. The third-order valence-electron chi connectivity index (χ3n) is 3.90. The molecule has 0 aromatic rings. The fourth-order valence-corrected chi connectivity index (χ4v) is 2.82. The zero-order valence-electron chi connectivity index (χ0n) is 9.34. The highest BCUT2D eigenvalue weighted by Crippen LogP contribution is 2.27. The minimum absolute atomic E-state index is 0.762. The van der Waals surface area contributed by atoms with Crippen molar-refractivity contribution in [2.75, 3.05) is 0 Å². The molecule has 0 aromatic heterocycles. The van der Waals surface area contributed by atoms with E-state index in [0.717, 1.165) is 18.0 Å². The van der Waals surface area contributed by atoms with Crippen molar-refractivity contribution in [2.45, 2.75) is 64.0 Å². The molecular formula is C13H23N. The van der Waals surface area contributed by atoms with Crippen molar-refractivity contribution in [3.05, 3.63) is 12.2 Å². The smallest absolute Gasteiger partial charge is 0.0139 e. The van der Waals surface area contributed by atoms with E-state index in [0.29, 0.717) is 0 Å². The maximum Gasteiger partial charge on any atom is 0.0139 e. The molecule has 0 atom stereocenters. The predicted molar refractivity (Wildman–Crippen MR) is 61.3 cm³/mol. The molecule has 1 nitrogen and oxygen atoms in total. The summed E-state index contributed by atoms with van der Waals surface area (Å²) in [5, 5.41) is 3.80. The number of hydrogen-bond acceptors (Lipinski definition) is 1. The number of nitrogens with one attached hydrogen (secondary N) is 1. The van der Waals surface area contributed by atoms with Crippen LogP contribution in [0.1, 0.15) is 51.9 Å². The molecule has 0 aromatic carbocycles. The van der Waals surface area contributed by atoms with E-state index in [2.05, 4.69) is 24.4 Å². The lowest BCUT2D eigenvalue weighted by Gasteiger charge is -2.30. The third-order valence-corrected chi connectivity index (χ3v) is 3.90. The van der Waals surface area contributed by atoms with Gasteiger partial charge in [-0.2, -0.15) is 0 Å². The zero-order chi connectivity index (χ0) is 9.80. The predicted octanol–water partition coefficient (Wildman–Crippen LogP) is 3.26. The fourth-order valence-electron chi connectivity index (χ4n) is 2.82. The van der Waals surface area contributed by atoms with Gasteiger partial charge in [0.15, 0.2) is 0 Å². The standard InChI is InChI=1S/C13H23N/c1-2-11-7-9-13(10-8-11)14-12-5-3-4-6-12/h3-4,11-14H,2,5-10H2,1H3. The molecule has 14 heavy (non-hydrogen) atoms. The van der Waals surface area contributed by atoms with Crippen molar-refractivity contribution in [1.29, 1.82) is 0 Å². The van der Waals surface area contributed by atoms with Crippen LogP contribution in [0.15, 0.2) is 12.2 Å². The van der Waals surface area contributed by atoms with Crippen LogP contribution in [-0.2, 0) is 0 Å². The van der Waals surface area contributed by atoms with Gasteiger partial charge < -0.3 is 5.32 Å². The molecule has 2 aliphatic rings. The lowest BCUT2D eigenvalue weighted by Crippen LogP contribution is -2.39. The first-order valence-electron chi connectivity index (χ1n) is 6.29. The highest BCUT2D eigenvalue weighted by atomic mass is 14.9. The van der Waals surface area contributed by atoms with Gasteiger partial charge in [-0.05, 0) is 44.4 Å². The molecule has 0 bridgehead atoms. The molecule has 0 radical (unpaired) electrons. The van der Waals surface area contributed by atoms with Crippen molar-refractivity contribution >= 4 is 0 Å². The SMILES string of the molecule is CCC1CCC(NC2CC=CC2)CC1. The maximum absolute atomic E-state index is 3.80. The van der Waals surface area contributed by atoms with Crippen LogP contribution in [0.3, 0.4) is 0 Å². The molecule has 1 saturated carbocycles. The summed E-state index contributed by atoms with van der Waals surface area (Å²) >= 11 is 0. The van der Waals surface area contributed by atoms with E-state index in [1.54, 1.807) is 0 Å².